The molecule has 2 saturated heterocycles. The molecule has 0 radical (unpaired) electrons. The van der Waals surface area contributed by atoms with Crippen LogP contribution in [0.4, 0.5) is 0 Å². The van der Waals surface area contributed by atoms with Crippen LogP contribution in [0.3, 0.4) is 0 Å². The third kappa shape index (κ3) is 3.73. The molecule has 2 aliphatic heterocycles. The molecule has 2 rings (SSSR count). The Hall–Kier alpha value is -0.610. The second kappa shape index (κ2) is 6.90. The minimum atomic E-state index is -0.0127. The molecule has 2 fully saturated rings. The number of carbonyl (C=O) groups is 1. The summed E-state index contributed by atoms with van der Waals surface area (Å²) >= 11 is 0. The van der Waals surface area contributed by atoms with E-state index in [0.717, 1.165) is 13.1 Å². The zero-order valence-electron chi connectivity index (χ0n) is 13.5. The van der Waals surface area contributed by atoms with Gasteiger partial charge < -0.3 is 10.6 Å². The van der Waals surface area contributed by atoms with E-state index in [9.17, 15) is 4.79 Å². The first-order valence-corrected chi connectivity index (χ1v) is 8.30. The van der Waals surface area contributed by atoms with Crippen molar-refractivity contribution in [1.82, 2.24) is 15.5 Å². The van der Waals surface area contributed by atoms with Gasteiger partial charge in [-0.1, -0.05) is 20.8 Å². The summed E-state index contributed by atoms with van der Waals surface area (Å²) < 4.78 is 0. The molecule has 4 nitrogen and oxygen atoms in total. The monoisotopic (exact) mass is 281 g/mol. The van der Waals surface area contributed by atoms with Crippen LogP contribution in [0.25, 0.3) is 0 Å². The van der Waals surface area contributed by atoms with Crippen LogP contribution < -0.4 is 10.6 Å². The number of amides is 1. The summed E-state index contributed by atoms with van der Waals surface area (Å²) in [6.07, 6.45) is 5.03. The molecule has 2 heterocycles. The maximum absolute atomic E-state index is 12.3. The van der Waals surface area contributed by atoms with Crippen LogP contribution in [0, 0.1) is 5.92 Å². The minimum Gasteiger partial charge on any atom is -0.354 e. The largest absolute Gasteiger partial charge is 0.354 e. The molecule has 116 valence electrons. The van der Waals surface area contributed by atoms with E-state index in [4.69, 9.17) is 0 Å². The highest BCUT2D eigenvalue weighted by Gasteiger charge is 2.37. The molecule has 4 heteroatoms. The van der Waals surface area contributed by atoms with Gasteiger partial charge in [0.1, 0.15) is 0 Å². The number of rotatable bonds is 6. The number of fused-ring (bicyclic) bond motifs is 2. The van der Waals surface area contributed by atoms with Gasteiger partial charge in [0.2, 0.25) is 5.91 Å². The molecule has 3 atom stereocenters. The molecule has 20 heavy (non-hydrogen) atoms. The minimum absolute atomic E-state index is 0.0127. The average Bonchev–Trinajstić information content (AvgIpc) is 2.75. The number of carbonyl (C=O) groups excluding carboxylic acids is 1. The maximum Gasteiger partial charge on any atom is 0.237 e. The molecule has 1 amide bonds. The van der Waals surface area contributed by atoms with Gasteiger partial charge in [-0.15, -0.1) is 0 Å². The fourth-order valence-electron chi connectivity index (χ4n) is 3.75. The van der Waals surface area contributed by atoms with Crippen molar-refractivity contribution in [1.29, 1.82) is 0 Å². The summed E-state index contributed by atoms with van der Waals surface area (Å²) in [5, 5.41) is 6.76. The SMILES string of the molecule is CCN(C1CC2CCC(C1)N2)C(C)C(=O)NCC(C)C. The summed E-state index contributed by atoms with van der Waals surface area (Å²) in [7, 11) is 0. The van der Waals surface area contributed by atoms with Gasteiger partial charge in [-0.05, 0) is 45.1 Å². The van der Waals surface area contributed by atoms with Gasteiger partial charge in [0.25, 0.3) is 0 Å². The molecular formula is C16H31N3O. The average molecular weight is 281 g/mol. The second-order valence-corrected chi connectivity index (χ2v) is 6.91. The standard InChI is InChI=1S/C16H31N3O/c1-5-19(12(4)16(20)17-10-11(2)3)15-8-13-6-7-14(9-15)18-13/h11-15,18H,5-10H2,1-4H3,(H,17,20). The van der Waals surface area contributed by atoms with Crippen molar-refractivity contribution in [3.05, 3.63) is 0 Å². The predicted molar refractivity (Wildman–Crippen MR) is 82.7 cm³/mol. The number of likely N-dealkylation sites (N-methyl/N-ethyl adjacent to an activating group) is 1. The third-order valence-electron chi connectivity index (χ3n) is 4.84. The number of nitrogens with one attached hydrogen (secondary N) is 2. The van der Waals surface area contributed by atoms with Crippen LogP contribution in [0.1, 0.15) is 53.4 Å². The van der Waals surface area contributed by atoms with Gasteiger partial charge in [-0.3, -0.25) is 9.69 Å². The summed E-state index contributed by atoms with van der Waals surface area (Å²) in [6, 6.07) is 1.91. The van der Waals surface area contributed by atoms with Crippen molar-refractivity contribution in [2.24, 2.45) is 5.92 Å². The van der Waals surface area contributed by atoms with E-state index < -0.39 is 0 Å². The highest BCUT2D eigenvalue weighted by atomic mass is 16.2. The highest BCUT2D eigenvalue weighted by Crippen LogP contribution is 2.30. The third-order valence-corrected chi connectivity index (χ3v) is 4.84. The van der Waals surface area contributed by atoms with Crippen molar-refractivity contribution >= 4 is 5.91 Å². The van der Waals surface area contributed by atoms with E-state index >= 15 is 0 Å². The highest BCUT2D eigenvalue weighted by molar-refractivity contribution is 5.81. The molecule has 2 N–H and O–H groups in total. The maximum atomic E-state index is 12.3. The van der Waals surface area contributed by atoms with E-state index in [2.05, 4.69) is 43.2 Å². The van der Waals surface area contributed by atoms with Crippen molar-refractivity contribution in [3.63, 3.8) is 0 Å². The lowest BCUT2D eigenvalue weighted by molar-refractivity contribution is -0.127. The molecule has 0 aromatic carbocycles. The van der Waals surface area contributed by atoms with Gasteiger partial charge in [-0.25, -0.2) is 0 Å². The van der Waals surface area contributed by atoms with Crippen molar-refractivity contribution in [2.75, 3.05) is 13.1 Å². The van der Waals surface area contributed by atoms with Crippen LogP contribution in [0.2, 0.25) is 0 Å². The van der Waals surface area contributed by atoms with E-state index in [1.165, 1.54) is 25.7 Å². The zero-order valence-corrected chi connectivity index (χ0v) is 13.5. The Balaban J connectivity index is 1.91. The lowest BCUT2D eigenvalue weighted by Crippen LogP contribution is -2.54. The lowest BCUT2D eigenvalue weighted by Gasteiger charge is -2.40. The molecule has 0 aromatic heterocycles. The van der Waals surface area contributed by atoms with Crippen molar-refractivity contribution in [3.8, 4) is 0 Å². The molecule has 2 aliphatic rings. The first-order chi connectivity index (χ1) is 9.51. The first-order valence-electron chi connectivity index (χ1n) is 8.30. The van der Waals surface area contributed by atoms with Crippen molar-refractivity contribution < 1.29 is 4.79 Å². The smallest absolute Gasteiger partial charge is 0.237 e. The molecule has 0 aromatic rings. The Morgan fingerprint density at radius 3 is 2.35 bits per heavy atom. The molecular weight excluding hydrogens is 250 g/mol. The number of piperidine rings is 1. The topological polar surface area (TPSA) is 44.4 Å². The fourth-order valence-corrected chi connectivity index (χ4v) is 3.75. The van der Waals surface area contributed by atoms with Crippen LogP contribution >= 0.6 is 0 Å². The van der Waals surface area contributed by atoms with Gasteiger partial charge in [-0.2, -0.15) is 0 Å². The van der Waals surface area contributed by atoms with Gasteiger partial charge in [0.05, 0.1) is 6.04 Å². The quantitative estimate of drug-likeness (QED) is 0.779. The molecule has 2 bridgehead atoms. The molecule has 0 spiro atoms. The van der Waals surface area contributed by atoms with Crippen LogP contribution in [0.15, 0.2) is 0 Å². The Morgan fingerprint density at radius 2 is 1.85 bits per heavy atom. The van der Waals surface area contributed by atoms with Gasteiger partial charge in [0.15, 0.2) is 0 Å². The van der Waals surface area contributed by atoms with Gasteiger partial charge in [0, 0.05) is 24.7 Å². The van der Waals surface area contributed by atoms with Crippen LogP contribution in [0.5, 0.6) is 0 Å². The summed E-state index contributed by atoms with van der Waals surface area (Å²) in [4.78, 5) is 14.7. The number of nitrogens with zero attached hydrogens (tertiary/aromatic N) is 1. The Labute approximate surface area is 123 Å². The fraction of sp³-hybridized carbons (Fsp3) is 0.938. The predicted octanol–water partition coefficient (Wildman–Crippen LogP) is 1.75. The van der Waals surface area contributed by atoms with E-state index in [1.54, 1.807) is 0 Å². The van der Waals surface area contributed by atoms with E-state index in [0.29, 0.717) is 24.0 Å². The van der Waals surface area contributed by atoms with Crippen LogP contribution in [-0.2, 0) is 4.79 Å². The van der Waals surface area contributed by atoms with E-state index in [1.807, 2.05) is 0 Å². The van der Waals surface area contributed by atoms with Gasteiger partial charge >= 0.3 is 0 Å². The Morgan fingerprint density at radius 1 is 1.25 bits per heavy atom. The second-order valence-electron chi connectivity index (χ2n) is 6.91. The Kier molecular flexibility index (Phi) is 5.44. The molecule has 0 aliphatic carbocycles. The van der Waals surface area contributed by atoms with Crippen LogP contribution in [-0.4, -0.2) is 48.1 Å². The summed E-state index contributed by atoms with van der Waals surface area (Å²) in [6.45, 7) is 10.2. The lowest BCUT2D eigenvalue weighted by atomic mass is 9.96. The Bertz CT molecular complexity index is 320. The number of hydrogen-bond donors (Lipinski definition) is 2. The first kappa shape index (κ1) is 15.8. The summed E-state index contributed by atoms with van der Waals surface area (Å²) in [5.41, 5.74) is 0. The molecule has 0 saturated carbocycles. The molecule has 3 unspecified atom stereocenters. The zero-order chi connectivity index (χ0) is 14.7. The summed E-state index contributed by atoms with van der Waals surface area (Å²) in [5.74, 6) is 0.697. The number of hydrogen-bond acceptors (Lipinski definition) is 3. The normalized spacial score (nSPS) is 30.8. The van der Waals surface area contributed by atoms with Crippen molar-refractivity contribution in [2.45, 2.75) is 77.5 Å². The van der Waals surface area contributed by atoms with E-state index in [-0.39, 0.29) is 11.9 Å².